The lowest BCUT2D eigenvalue weighted by atomic mass is 9.49. The first-order valence-corrected chi connectivity index (χ1v) is 11.7. The van der Waals surface area contributed by atoms with E-state index < -0.39 is 0 Å². The Balaban J connectivity index is 1.32. The van der Waals surface area contributed by atoms with Gasteiger partial charge in [-0.25, -0.2) is 0 Å². The largest absolute Gasteiger partial charge is 0.389 e. The molecule has 1 heterocycles. The average molecular weight is 391 g/mol. The Morgan fingerprint density at radius 2 is 1.97 bits per heavy atom. The predicted octanol–water partition coefficient (Wildman–Crippen LogP) is 5.34. The van der Waals surface area contributed by atoms with Crippen molar-refractivity contribution >= 4 is 11.4 Å². The minimum atomic E-state index is -0.279. The predicted molar refractivity (Wildman–Crippen MR) is 119 cm³/mol. The summed E-state index contributed by atoms with van der Waals surface area (Å²) < 4.78 is 0. The van der Waals surface area contributed by atoms with Crippen LogP contribution in [-0.2, 0) is 0 Å². The summed E-state index contributed by atoms with van der Waals surface area (Å²) >= 11 is 0. The normalized spacial score (nSPS) is 45.0. The van der Waals surface area contributed by atoms with Crippen molar-refractivity contribution in [3.8, 4) is 0 Å². The number of anilines is 2. The molecule has 3 nitrogen and oxygen atoms in total. The molecule has 7 atom stereocenters. The van der Waals surface area contributed by atoms with Crippen LogP contribution in [0.5, 0.6) is 0 Å². The lowest BCUT2D eigenvalue weighted by Gasteiger charge is -2.57. The van der Waals surface area contributed by atoms with Crippen LogP contribution in [0.4, 0.5) is 11.4 Å². The molecule has 154 valence electrons. The van der Waals surface area contributed by atoms with Crippen molar-refractivity contribution in [2.45, 2.75) is 64.5 Å². The molecule has 0 amide bonds. The number of nitrogens with one attached hydrogen (secondary N) is 1. The van der Waals surface area contributed by atoms with Gasteiger partial charge in [0.2, 0.25) is 0 Å². The number of benzene rings is 1. The molecule has 0 saturated heterocycles. The molecule has 0 spiro atoms. The third-order valence-corrected chi connectivity index (χ3v) is 9.61. The molecular formula is C26H34N2O. The number of para-hydroxylation sites is 2. The summed E-state index contributed by atoms with van der Waals surface area (Å²) in [6, 6.07) is 9.49. The molecule has 1 aromatic rings. The van der Waals surface area contributed by atoms with E-state index in [0.717, 1.165) is 30.8 Å². The molecule has 2 fully saturated rings. The fourth-order valence-corrected chi connectivity index (χ4v) is 8.13. The number of hydrogen-bond donors (Lipinski definition) is 2. The molecule has 5 aliphatic rings. The van der Waals surface area contributed by atoms with Crippen molar-refractivity contribution in [1.82, 2.24) is 0 Å². The number of aliphatic hydroxyl groups excluding tert-OH is 1. The van der Waals surface area contributed by atoms with Crippen molar-refractivity contribution in [2.24, 2.45) is 28.6 Å². The molecule has 3 heteroatoms. The van der Waals surface area contributed by atoms with E-state index in [1.807, 2.05) is 0 Å². The fraction of sp³-hybridized carbons (Fsp3) is 0.615. The highest BCUT2D eigenvalue weighted by Crippen LogP contribution is 2.65. The van der Waals surface area contributed by atoms with Gasteiger partial charge in [-0.2, -0.15) is 0 Å². The van der Waals surface area contributed by atoms with Crippen molar-refractivity contribution in [2.75, 3.05) is 16.9 Å². The van der Waals surface area contributed by atoms with Crippen LogP contribution in [0.25, 0.3) is 0 Å². The van der Waals surface area contributed by atoms with Crippen molar-refractivity contribution in [1.29, 1.82) is 0 Å². The van der Waals surface area contributed by atoms with Gasteiger partial charge in [-0.15, -0.1) is 0 Å². The molecule has 2 saturated carbocycles. The lowest BCUT2D eigenvalue weighted by Crippen LogP contribution is -2.53. The van der Waals surface area contributed by atoms with Crippen molar-refractivity contribution < 1.29 is 5.11 Å². The molecule has 1 unspecified atom stereocenters. The zero-order valence-corrected chi connectivity index (χ0v) is 17.8. The molecule has 6 rings (SSSR count). The van der Waals surface area contributed by atoms with Crippen LogP contribution < -0.4 is 10.2 Å². The molecule has 1 aromatic carbocycles. The smallest absolute Gasteiger partial charge is 0.0880 e. The Morgan fingerprint density at radius 3 is 2.86 bits per heavy atom. The molecule has 29 heavy (non-hydrogen) atoms. The van der Waals surface area contributed by atoms with Gasteiger partial charge in [0.1, 0.15) is 0 Å². The van der Waals surface area contributed by atoms with Crippen LogP contribution in [0.2, 0.25) is 0 Å². The Morgan fingerprint density at radius 1 is 1.10 bits per heavy atom. The Labute approximate surface area is 174 Å². The van der Waals surface area contributed by atoms with Gasteiger partial charge in [0.15, 0.2) is 0 Å². The van der Waals surface area contributed by atoms with E-state index in [0.29, 0.717) is 11.5 Å². The summed E-state index contributed by atoms with van der Waals surface area (Å²) in [5.41, 5.74) is 4.79. The van der Waals surface area contributed by atoms with Gasteiger partial charge in [-0.05, 0) is 73.8 Å². The standard InChI is InChI=1S/C26H34N2O/c1-25-13-11-18(29)15-17(25)7-8-19-20-9-10-24(26(20,2)14-12-21(19)25)28-16-27-22-5-3-4-6-23(22)28/h3-7,11,13,18-21,24,27,29H,8-10,12,14-16H2,1-2H3/t18-,19-,20-,21-,24?,25-,26-/m0/s1. The molecule has 4 aliphatic carbocycles. The number of aliphatic hydroxyl groups is 1. The van der Waals surface area contributed by atoms with Gasteiger partial charge >= 0.3 is 0 Å². The van der Waals surface area contributed by atoms with E-state index in [4.69, 9.17) is 0 Å². The Hall–Kier alpha value is -1.74. The Kier molecular flexibility index (Phi) is 3.82. The first kappa shape index (κ1) is 18.1. The van der Waals surface area contributed by atoms with E-state index in [-0.39, 0.29) is 11.5 Å². The number of fused-ring (bicyclic) bond motifs is 6. The first-order chi connectivity index (χ1) is 14.0. The van der Waals surface area contributed by atoms with Crippen LogP contribution in [0.15, 0.2) is 48.1 Å². The maximum Gasteiger partial charge on any atom is 0.0880 e. The summed E-state index contributed by atoms with van der Waals surface area (Å²) in [4.78, 5) is 2.68. The summed E-state index contributed by atoms with van der Waals surface area (Å²) in [6.45, 7) is 6.02. The van der Waals surface area contributed by atoms with E-state index in [9.17, 15) is 5.11 Å². The van der Waals surface area contributed by atoms with Crippen molar-refractivity contribution in [3.63, 3.8) is 0 Å². The van der Waals surface area contributed by atoms with Crippen LogP contribution in [0, 0.1) is 28.6 Å². The monoisotopic (exact) mass is 390 g/mol. The number of hydrogen-bond acceptors (Lipinski definition) is 3. The summed E-state index contributed by atoms with van der Waals surface area (Å²) in [5.74, 6) is 2.35. The minimum absolute atomic E-state index is 0.170. The Bertz CT molecular complexity index is 890. The summed E-state index contributed by atoms with van der Waals surface area (Å²) in [5, 5.41) is 13.8. The molecule has 1 aliphatic heterocycles. The highest BCUT2D eigenvalue weighted by atomic mass is 16.3. The van der Waals surface area contributed by atoms with Gasteiger partial charge in [-0.3, -0.25) is 0 Å². The van der Waals surface area contributed by atoms with Gasteiger partial charge in [0.25, 0.3) is 0 Å². The zero-order valence-electron chi connectivity index (χ0n) is 17.8. The first-order valence-electron chi connectivity index (χ1n) is 11.7. The lowest BCUT2D eigenvalue weighted by molar-refractivity contribution is -0.0120. The van der Waals surface area contributed by atoms with E-state index in [1.165, 1.54) is 49.1 Å². The van der Waals surface area contributed by atoms with E-state index in [2.05, 4.69) is 66.6 Å². The van der Waals surface area contributed by atoms with Gasteiger partial charge in [0.05, 0.1) is 24.1 Å². The topological polar surface area (TPSA) is 35.5 Å². The minimum Gasteiger partial charge on any atom is -0.389 e. The van der Waals surface area contributed by atoms with Gasteiger partial charge < -0.3 is 15.3 Å². The molecule has 0 bridgehead atoms. The number of nitrogens with zero attached hydrogens (tertiary/aromatic N) is 1. The van der Waals surface area contributed by atoms with Gasteiger partial charge in [-0.1, -0.05) is 49.8 Å². The van der Waals surface area contributed by atoms with E-state index in [1.54, 1.807) is 0 Å². The second-order valence-electron chi connectivity index (χ2n) is 10.7. The second kappa shape index (κ2) is 6.14. The van der Waals surface area contributed by atoms with E-state index >= 15 is 0 Å². The third-order valence-electron chi connectivity index (χ3n) is 9.61. The van der Waals surface area contributed by atoms with Crippen LogP contribution in [-0.4, -0.2) is 23.9 Å². The zero-order chi connectivity index (χ0) is 19.8. The maximum atomic E-state index is 10.1. The molecule has 0 radical (unpaired) electrons. The maximum absolute atomic E-state index is 10.1. The quantitative estimate of drug-likeness (QED) is 0.635. The van der Waals surface area contributed by atoms with Gasteiger partial charge in [0, 0.05) is 11.5 Å². The second-order valence-corrected chi connectivity index (χ2v) is 10.7. The third kappa shape index (κ3) is 2.40. The van der Waals surface area contributed by atoms with Crippen LogP contribution in [0.1, 0.15) is 52.4 Å². The number of rotatable bonds is 1. The highest BCUT2D eigenvalue weighted by Gasteiger charge is 2.59. The van der Waals surface area contributed by atoms with Crippen molar-refractivity contribution in [3.05, 3.63) is 48.1 Å². The highest BCUT2D eigenvalue weighted by molar-refractivity contribution is 5.75. The summed E-state index contributed by atoms with van der Waals surface area (Å²) in [7, 11) is 0. The number of allylic oxidation sites excluding steroid dienone is 2. The fourth-order valence-electron chi connectivity index (χ4n) is 8.13. The molecule has 0 aromatic heterocycles. The van der Waals surface area contributed by atoms with Crippen LogP contribution in [0.3, 0.4) is 0 Å². The molecule has 2 N–H and O–H groups in total. The molecular weight excluding hydrogens is 356 g/mol. The van der Waals surface area contributed by atoms with Crippen LogP contribution >= 0.6 is 0 Å². The SMILES string of the molecule is C[C@]12C=C[C@H](O)CC1=CC[C@@H]1[C@@H]2CC[C@]2(C)C(N3CNc4ccccc43)CC[C@@H]12. The average Bonchev–Trinajstić information content (AvgIpc) is 3.29. The summed E-state index contributed by atoms with van der Waals surface area (Å²) in [6.07, 6.45) is 14.1.